The summed E-state index contributed by atoms with van der Waals surface area (Å²) in [4.78, 5) is 2.22. The predicted molar refractivity (Wildman–Crippen MR) is 191 cm³/mol. The van der Waals surface area contributed by atoms with E-state index >= 15 is 0 Å². The van der Waals surface area contributed by atoms with Crippen molar-refractivity contribution in [2.75, 3.05) is 0 Å². The van der Waals surface area contributed by atoms with Crippen LogP contribution in [0.4, 0.5) is 0 Å². The van der Waals surface area contributed by atoms with Crippen LogP contribution in [-0.2, 0) is 9.62 Å². The van der Waals surface area contributed by atoms with Crippen LogP contribution in [0.1, 0.15) is 0 Å². The second-order valence-electron chi connectivity index (χ2n) is 9.83. The third kappa shape index (κ3) is 6.23. The predicted octanol–water partition coefficient (Wildman–Crippen LogP) is 7.96. The van der Waals surface area contributed by atoms with Gasteiger partial charge in [-0.15, -0.1) is 0 Å². The SMILES string of the molecule is [Se]=P(N=S(=NP(=[Se])(c1ccccc1)c1ccccc1)(c1ccccc1)c1ccccc1)(c1ccccc1)c1ccccc1. The molecule has 0 N–H and O–H groups in total. The molecule has 6 aromatic rings. The fraction of sp³-hybridized carbons (Fsp3) is 0. The van der Waals surface area contributed by atoms with Gasteiger partial charge in [-0.2, -0.15) is 0 Å². The molecule has 0 saturated heterocycles. The summed E-state index contributed by atoms with van der Waals surface area (Å²) >= 11 is 7.38. The van der Waals surface area contributed by atoms with Crippen molar-refractivity contribution in [3.05, 3.63) is 182 Å². The number of benzene rings is 6. The van der Waals surface area contributed by atoms with E-state index in [0.29, 0.717) is 0 Å². The van der Waals surface area contributed by atoms with Crippen molar-refractivity contribution in [2.24, 2.45) is 8.27 Å². The van der Waals surface area contributed by atoms with E-state index in [2.05, 4.69) is 212 Å². The van der Waals surface area contributed by atoms with Crippen molar-refractivity contribution in [1.82, 2.24) is 0 Å². The summed E-state index contributed by atoms with van der Waals surface area (Å²) in [5, 5.41) is 4.74. The van der Waals surface area contributed by atoms with Gasteiger partial charge in [-0.3, -0.25) is 0 Å². The quantitative estimate of drug-likeness (QED) is 0.112. The molecular weight excluding hydrogens is 712 g/mol. The number of hydrogen-bond donors (Lipinski definition) is 0. The van der Waals surface area contributed by atoms with Gasteiger partial charge in [-0.1, -0.05) is 0 Å². The first kappa shape index (κ1) is 30.2. The number of rotatable bonds is 8. The van der Waals surface area contributed by atoms with Crippen LogP contribution in [0.5, 0.6) is 0 Å². The molecule has 0 fully saturated rings. The third-order valence-electron chi connectivity index (χ3n) is 7.03. The standard InChI is InChI=1S/C36H30N2P2SSe2/c42-39(31-19-7-1-8-20-31,32-21-9-2-10-22-32)37-41(35-27-15-5-16-28-35,36-29-17-6-18-30-36)38-40(43,33-23-11-3-12-24-33)34-25-13-4-14-26-34/h1-30H. The third-order valence-corrected chi connectivity index (χ3v) is 24.4. The Morgan fingerprint density at radius 2 is 0.535 bits per heavy atom. The first-order valence-corrected chi connectivity index (χ1v) is 23.4. The molecule has 2 nitrogen and oxygen atoms in total. The van der Waals surface area contributed by atoms with Crippen molar-refractivity contribution in [2.45, 2.75) is 9.79 Å². The number of nitrogens with zero attached hydrogens (tertiary/aromatic N) is 2. The second-order valence-corrected chi connectivity index (χ2v) is 24.2. The van der Waals surface area contributed by atoms with Gasteiger partial charge in [0, 0.05) is 0 Å². The van der Waals surface area contributed by atoms with Crippen LogP contribution in [0.3, 0.4) is 0 Å². The topological polar surface area (TPSA) is 24.7 Å². The Morgan fingerprint density at radius 3 is 0.767 bits per heavy atom. The summed E-state index contributed by atoms with van der Waals surface area (Å²) < 4.78 is 12.3. The van der Waals surface area contributed by atoms with Gasteiger partial charge in [0.2, 0.25) is 0 Å². The minimum atomic E-state index is -2.45. The first-order valence-electron chi connectivity index (χ1n) is 13.9. The molecule has 0 unspecified atom stereocenters. The van der Waals surface area contributed by atoms with Crippen molar-refractivity contribution >= 4 is 72.4 Å². The Morgan fingerprint density at radius 1 is 0.326 bits per heavy atom. The molecule has 6 aromatic carbocycles. The van der Waals surface area contributed by atoms with Crippen molar-refractivity contribution < 1.29 is 0 Å². The van der Waals surface area contributed by atoms with Crippen molar-refractivity contribution in [1.29, 1.82) is 0 Å². The minimum absolute atomic E-state index is 1.11. The van der Waals surface area contributed by atoms with Crippen LogP contribution in [-0.4, -0.2) is 30.2 Å². The molecular formula is C36H30N2P2SSe2. The van der Waals surface area contributed by atoms with Gasteiger partial charge in [0.15, 0.2) is 0 Å². The van der Waals surface area contributed by atoms with E-state index in [4.69, 9.17) is 8.27 Å². The zero-order valence-electron chi connectivity index (χ0n) is 23.3. The van der Waals surface area contributed by atoms with E-state index in [1.165, 1.54) is 21.2 Å². The Labute approximate surface area is 270 Å². The molecule has 0 heterocycles. The fourth-order valence-electron chi connectivity index (χ4n) is 4.90. The van der Waals surface area contributed by atoms with E-state index in [9.17, 15) is 0 Å². The molecule has 0 amide bonds. The molecule has 0 aliphatic carbocycles. The van der Waals surface area contributed by atoms with E-state index in [-0.39, 0.29) is 0 Å². The monoisotopic (exact) mass is 744 g/mol. The summed E-state index contributed by atoms with van der Waals surface area (Å²) in [7, 11) is -2.38. The van der Waals surface area contributed by atoms with Crippen molar-refractivity contribution in [3.63, 3.8) is 0 Å². The summed E-state index contributed by atoms with van der Waals surface area (Å²) in [6.07, 6.45) is 0. The van der Waals surface area contributed by atoms with Gasteiger partial charge in [-0.05, 0) is 0 Å². The van der Waals surface area contributed by atoms with Crippen LogP contribution >= 0.6 is 11.3 Å². The van der Waals surface area contributed by atoms with Gasteiger partial charge in [0.25, 0.3) is 0 Å². The van der Waals surface area contributed by atoms with Crippen LogP contribution in [0.15, 0.2) is 200 Å². The Bertz CT molecular complexity index is 1790. The molecule has 0 atom stereocenters. The van der Waals surface area contributed by atoms with Crippen LogP contribution in [0.25, 0.3) is 0 Å². The van der Waals surface area contributed by atoms with Gasteiger partial charge >= 0.3 is 272 Å². The van der Waals surface area contributed by atoms with Crippen LogP contribution < -0.4 is 21.2 Å². The van der Waals surface area contributed by atoms with E-state index in [0.717, 1.165) is 9.79 Å². The zero-order chi connectivity index (χ0) is 29.6. The zero-order valence-corrected chi connectivity index (χ0v) is 29.4. The Kier molecular flexibility index (Phi) is 9.44. The van der Waals surface area contributed by atoms with E-state index < -0.39 is 20.9 Å². The van der Waals surface area contributed by atoms with Gasteiger partial charge in [0.1, 0.15) is 0 Å². The Hall–Kier alpha value is -2.83. The van der Waals surface area contributed by atoms with E-state index in [1.807, 2.05) is 0 Å². The fourth-order valence-corrected chi connectivity index (χ4v) is 22.0. The Balaban J connectivity index is 1.86. The molecule has 0 radical (unpaired) electrons. The second kappa shape index (κ2) is 13.4. The molecule has 0 aromatic heterocycles. The molecule has 0 spiro atoms. The average Bonchev–Trinajstić information content (AvgIpc) is 3.10. The average molecular weight is 743 g/mol. The molecule has 0 saturated carbocycles. The van der Waals surface area contributed by atoms with Gasteiger partial charge in [0.05, 0.1) is 0 Å². The van der Waals surface area contributed by atoms with Crippen molar-refractivity contribution in [3.8, 4) is 0 Å². The molecule has 0 aliphatic rings. The first-order chi connectivity index (χ1) is 21.0. The summed E-state index contributed by atoms with van der Waals surface area (Å²) in [6, 6.07) is 64.2. The van der Waals surface area contributed by atoms with Gasteiger partial charge < -0.3 is 0 Å². The normalized spacial score (nSPS) is 11.9. The molecule has 6 rings (SSSR count). The molecule has 0 bridgehead atoms. The summed E-state index contributed by atoms with van der Waals surface area (Å²) in [5.74, 6) is 0. The summed E-state index contributed by atoms with van der Waals surface area (Å²) in [6.45, 7) is 0. The summed E-state index contributed by atoms with van der Waals surface area (Å²) in [5.41, 5.74) is -4.90. The maximum absolute atomic E-state index is 6.14. The number of hydrogen-bond acceptors (Lipinski definition) is 2. The molecule has 0 aliphatic heterocycles. The molecule has 7 heteroatoms. The maximum atomic E-state index is 6.14. The van der Waals surface area contributed by atoms with Crippen LogP contribution in [0, 0.1) is 0 Å². The van der Waals surface area contributed by atoms with Crippen LogP contribution in [0.2, 0.25) is 0 Å². The molecule has 43 heavy (non-hydrogen) atoms. The van der Waals surface area contributed by atoms with Gasteiger partial charge in [-0.25, -0.2) is 0 Å². The van der Waals surface area contributed by atoms with E-state index in [1.54, 1.807) is 0 Å². The molecule has 212 valence electrons.